The molecule has 24 heavy (non-hydrogen) atoms. The van der Waals surface area contributed by atoms with Crippen LogP contribution in [0.15, 0.2) is 35.6 Å². The number of aliphatic hydroxyl groups is 1. The van der Waals surface area contributed by atoms with E-state index in [1.54, 1.807) is 14.2 Å². The summed E-state index contributed by atoms with van der Waals surface area (Å²) in [6, 6.07) is 4.10. The van der Waals surface area contributed by atoms with Gasteiger partial charge in [0.1, 0.15) is 11.9 Å². The fraction of sp³-hybridized carbons (Fsp3) is 0.474. The molecule has 2 aliphatic carbocycles. The average Bonchev–Trinajstić information content (AvgIpc) is 2.58. The van der Waals surface area contributed by atoms with Crippen LogP contribution in [0.25, 0.3) is 0 Å². The monoisotopic (exact) mass is 329 g/mol. The lowest BCUT2D eigenvalue weighted by atomic mass is 9.58. The summed E-state index contributed by atoms with van der Waals surface area (Å²) in [7, 11) is 5.26. The third kappa shape index (κ3) is 1.88. The van der Waals surface area contributed by atoms with E-state index in [0.29, 0.717) is 11.5 Å². The van der Waals surface area contributed by atoms with Crippen LogP contribution >= 0.6 is 0 Å². The van der Waals surface area contributed by atoms with Gasteiger partial charge in [0.2, 0.25) is 0 Å². The van der Waals surface area contributed by atoms with E-state index >= 15 is 0 Å². The molecule has 1 aromatic carbocycles. The first kappa shape index (κ1) is 15.5. The molecule has 1 aromatic rings. The Labute approximate surface area is 141 Å². The molecule has 128 valence electrons. The van der Waals surface area contributed by atoms with Gasteiger partial charge in [0.25, 0.3) is 0 Å². The Hall–Kier alpha value is -1.98. The highest BCUT2D eigenvalue weighted by molar-refractivity contribution is 5.64. The second-order valence-corrected chi connectivity index (χ2v) is 6.89. The van der Waals surface area contributed by atoms with E-state index in [-0.39, 0.29) is 11.8 Å². The molecule has 0 amide bonds. The summed E-state index contributed by atoms with van der Waals surface area (Å²) in [5.74, 6) is 1.22. The molecule has 0 radical (unpaired) electrons. The van der Waals surface area contributed by atoms with Crippen molar-refractivity contribution in [2.45, 2.75) is 30.4 Å². The molecule has 3 aliphatic rings. The first-order valence-corrected chi connectivity index (χ1v) is 8.28. The Bertz CT molecular complexity index is 754. The third-order valence-electron chi connectivity index (χ3n) is 5.82. The number of methoxy groups -OCH3 is 2. The normalized spacial score (nSPS) is 31.5. The van der Waals surface area contributed by atoms with Crippen LogP contribution in [0.3, 0.4) is 0 Å². The van der Waals surface area contributed by atoms with Crippen LogP contribution in [0.4, 0.5) is 0 Å². The van der Waals surface area contributed by atoms with E-state index < -0.39 is 11.5 Å². The molecule has 5 heteroatoms. The maximum absolute atomic E-state index is 10.9. The van der Waals surface area contributed by atoms with Gasteiger partial charge in [-0.05, 0) is 55.8 Å². The number of phenolic OH excluding ortho intramolecular Hbond substituents is 1. The summed E-state index contributed by atoms with van der Waals surface area (Å²) in [5.41, 5.74) is 2.75. The molecule has 4 rings (SSSR count). The molecular weight excluding hydrogens is 306 g/mol. The predicted molar refractivity (Wildman–Crippen MR) is 90.3 cm³/mol. The molecule has 5 nitrogen and oxygen atoms in total. The minimum absolute atomic E-state index is 0.201. The van der Waals surface area contributed by atoms with Crippen molar-refractivity contribution in [3.63, 3.8) is 0 Å². The van der Waals surface area contributed by atoms with Gasteiger partial charge >= 0.3 is 0 Å². The molecule has 1 heterocycles. The quantitative estimate of drug-likeness (QED) is 0.809. The van der Waals surface area contributed by atoms with Gasteiger partial charge in [-0.25, -0.2) is 0 Å². The number of hydrogen-bond donors (Lipinski definition) is 2. The summed E-state index contributed by atoms with van der Waals surface area (Å²) in [5, 5.41) is 21.3. The first-order valence-electron chi connectivity index (χ1n) is 8.28. The molecule has 3 atom stereocenters. The highest BCUT2D eigenvalue weighted by Crippen LogP contribution is 2.56. The molecule has 2 bridgehead atoms. The minimum Gasteiger partial charge on any atom is -0.504 e. The van der Waals surface area contributed by atoms with Crippen molar-refractivity contribution < 1.29 is 19.7 Å². The van der Waals surface area contributed by atoms with E-state index in [1.165, 1.54) is 0 Å². The molecule has 1 fully saturated rings. The molecule has 0 saturated carbocycles. The van der Waals surface area contributed by atoms with Crippen molar-refractivity contribution in [2.24, 2.45) is 0 Å². The molecule has 0 aromatic heterocycles. The highest BCUT2D eigenvalue weighted by Gasteiger charge is 2.51. The van der Waals surface area contributed by atoms with E-state index in [9.17, 15) is 10.2 Å². The van der Waals surface area contributed by atoms with E-state index in [0.717, 1.165) is 36.1 Å². The fourth-order valence-electron chi connectivity index (χ4n) is 4.63. The number of hydrogen-bond acceptors (Lipinski definition) is 5. The summed E-state index contributed by atoms with van der Waals surface area (Å²) in [6.45, 7) is 0.918. The van der Waals surface area contributed by atoms with Gasteiger partial charge in [0.05, 0.1) is 14.2 Å². The number of rotatable bonds is 2. The largest absolute Gasteiger partial charge is 0.504 e. The third-order valence-corrected chi connectivity index (χ3v) is 5.82. The first-order chi connectivity index (χ1) is 11.5. The van der Waals surface area contributed by atoms with Crippen LogP contribution in [0.2, 0.25) is 0 Å². The van der Waals surface area contributed by atoms with Crippen LogP contribution in [0.1, 0.15) is 17.5 Å². The Morgan fingerprint density at radius 2 is 2.04 bits per heavy atom. The maximum atomic E-state index is 10.9. The summed E-state index contributed by atoms with van der Waals surface area (Å²) < 4.78 is 10.8. The number of likely N-dealkylation sites (N-methyl/N-ethyl adjacent to an activating group) is 1. The van der Waals surface area contributed by atoms with E-state index in [1.807, 2.05) is 24.3 Å². The van der Waals surface area contributed by atoms with Crippen LogP contribution in [-0.2, 0) is 16.6 Å². The van der Waals surface area contributed by atoms with Crippen molar-refractivity contribution >= 4 is 0 Å². The second kappa shape index (κ2) is 5.26. The fourth-order valence-corrected chi connectivity index (χ4v) is 4.63. The van der Waals surface area contributed by atoms with Crippen molar-refractivity contribution in [1.29, 1.82) is 0 Å². The van der Waals surface area contributed by atoms with Crippen LogP contribution < -0.4 is 4.74 Å². The van der Waals surface area contributed by atoms with Crippen molar-refractivity contribution in [1.82, 2.24) is 4.90 Å². The highest BCUT2D eigenvalue weighted by atomic mass is 16.5. The number of allylic oxidation sites excluding steroid dienone is 1. The smallest absolute Gasteiger partial charge is 0.162 e. The number of aliphatic hydroxyl groups excluding tert-OH is 1. The average molecular weight is 329 g/mol. The zero-order valence-corrected chi connectivity index (χ0v) is 14.2. The topological polar surface area (TPSA) is 62.2 Å². The second-order valence-electron chi connectivity index (χ2n) is 6.89. The maximum Gasteiger partial charge on any atom is 0.162 e. The van der Waals surface area contributed by atoms with Crippen molar-refractivity contribution in [2.75, 3.05) is 27.8 Å². The van der Waals surface area contributed by atoms with E-state index in [4.69, 9.17) is 9.47 Å². The lowest BCUT2D eigenvalue weighted by molar-refractivity contribution is 0.131. The van der Waals surface area contributed by atoms with Gasteiger partial charge in [-0.3, -0.25) is 4.90 Å². The number of nitrogens with zero attached hydrogens (tertiary/aromatic N) is 1. The van der Waals surface area contributed by atoms with Gasteiger partial charge in [0, 0.05) is 17.0 Å². The summed E-state index contributed by atoms with van der Waals surface area (Å²) in [6.07, 6.45) is 4.82. The molecular formula is C19H23NO4. The van der Waals surface area contributed by atoms with Gasteiger partial charge in [-0.2, -0.15) is 0 Å². The number of ether oxygens (including phenoxy) is 2. The number of phenols is 1. The van der Waals surface area contributed by atoms with Gasteiger partial charge < -0.3 is 19.7 Å². The van der Waals surface area contributed by atoms with Gasteiger partial charge in [0.15, 0.2) is 11.5 Å². The Kier molecular flexibility index (Phi) is 3.41. The molecule has 1 aliphatic heterocycles. The SMILES string of the molecule is COC1=C[C@@]23CCN(C)[C@@H](Cc4ccc(OC)c(O)c42)C3=CC1O. The van der Waals surface area contributed by atoms with Crippen LogP contribution in [-0.4, -0.2) is 55.1 Å². The van der Waals surface area contributed by atoms with Crippen LogP contribution in [0.5, 0.6) is 11.5 Å². The number of likely N-dealkylation sites (tertiary alicyclic amines) is 1. The zero-order valence-electron chi connectivity index (χ0n) is 14.2. The molecule has 0 spiro atoms. The molecule has 2 N–H and O–H groups in total. The zero-order chi connectivity index (χ0) is 17.1. The van der Waals surface area contributed by atoms with Gasteiger partial charge in [-0.1, -0.05) is 6.07 Å². The summed E-state index contributed by atoms with van der Waals surface area (Å²) in [4.78, 5) is 2.33. The number of fused-ring (bicyclic) bond motifs is 1. The van der Waals surface area contributed by atoms with Crippen molar-refractivity contribution in [3.8, 4) is 11.5 Å². The number of piperidine rings is 1. The molecule has 1 saturated heterocycles. The van der Waals surface area contributed by atoms with E-state index in [2.05, 4.69) is 11.9 Å². The summed E-state index contributed by atoms with van der Waals surface area (Å²) >= 11 is 0. The minimum atomic E-state index is -0.735. The van der Waals surface area contributed by atoms with Gasteiger partial charge in [-0.15, -0.1) is 0 Å². The number of benzene rings is 1. The Morgan fingerprint density at radius 1 is 1.25 bits per heavy atom. The Morgan fingerprint density at radius 3 is 2.75 bits per heavy atom. The lowest BCUT2D eigenvalue weighted by Gasteiger charge is -2.53. The van der Waals surface area contributed by atoms with Crippen LogP contribution in [0, 0.1) is 0 Å². The standard InChI is InChI=1S/C19H23NO4/c1-20-7-6-19-10-16(24-3)14(21)9-12(19)13(20)8-11-4-5-15(23-2)18(22)17(11)19/h4-5,9-10,13-14,21-22H,6-8H2,1-3H3/t13-,14?,19+/m0/s1. The lowest BCUT2D eigenvalue weighted by Crippen LogP contribution is -2.54. The predicted octanol–water partition coefficient (Wildman–Crippen LogP) is 1.73. The molecule has 1 unspecified atom stereocenters. The number of aromatic hydroxyl groups is 1. The van der Waals surface area contributed by atoms with Crippen molar-refractivity contribution in [3.05, 3.63) is 46.7 Å². The Balaban J connectivity index is 2.01.